The zero-order valence-corrected chi connectivity index (χ0v) is 18.1. The molecule has 0 saturated carbocycles. The van der Waals surface area contributed by atoms with Crippen LogP contribution in [0, 0.1) is 5.82 Å². The summed E-state index contributed by atoms with van der Waals surface area (Å²) in [6.07, 6.45) is 0. The monoisotopic (exact) mass is 445 g/mol. The molecule has 150 valence electrons. The van der Waals surface area contributed by atoms with Crippen LogP contribution in [0.4, 0.5) is 4.39 Å². The lowest BCUT2D eigenvalue weighted by molar-refractivity contribution is 0.0953. The van der Waals surface area contributed by atoms with Gasteiger partial charge in [0.25, 0.3) is 5.91 Å². The lowest BCUT2D eigenvalue weighted by Gasteiger charge is -2.10. The highest BCUT2D eigenvalue weighted by molar-refractivity contribution is 7.98. The van der Waals surface area contributed by atoms with Gasteiger partial charge in [-0.2, -0.15) is 11.8 Å². The summed E-state index contributed by atoms with van der Waals surface area (Å²) < 4.78 is 13.8. The quantitative estimate of drug-likeness (QED) is 0.303. The maximum atomic E-state index is 13.8. The van der Waals surface area contributed by atoms with Gasteiger partial charge in [-0.1, -0.05) is 60.1 Å². The topological polar surface area (TPSA) is 29.1 Å². The summed E-state index contributed by atoms with van der Waals surface area (Å²) in [4.78, 5) is 13.6. The molecule has 0 aliphatic rings. The lowest BCUT2D eigenvalue weighted by atomic mass is 10.2. The first-order valence-corrected chi connectivity index (χ1v) is 11.7. The minimum absolute atomic E-state index is 0.0920. The molecule has 0 aliphatic carbocycles. The van der Waals surface area contributed by atoms with Crippen molar-refractivity contribution in [2.45, 2.75) is 16.4 Å². The van der Waals surface area contributed by atoms with Gasteiger partial charge in [-0.05, 0) is 29.8 Å². The summed E-state index contributed by atoms with van der Waals surface area (Å²) in [5.74, 6) is 1.58. The third-order valence-corrected chi connectivity index (χ3v) is 6.69. The predicted molar refractivity (Wildman–Crippen MR) is 122 cm³/mol. The molecule has 1 N–H and O–H groups in total. The number of carbonyl (C=O) groups excluding carboxylic acids is 1. The maximum absolute atomic E-state index is 13.8. The van der Waals surface area contributed by atoms with Gasteiger partial charge >= 0.3 is 0 Å². The Bertz CT molecular complexity index is 932. The van der Waals surface area contributed by atoms with E-state index in [1.165, 1.54) is 23.4 Å². The number of carbonyl (C=O) groups is 1. The van der Waals surface area contributed by atoms with Crippen LogP contribution in [0.5, 0.6) is 0 Å². The molecule has 3 aromatic rings. The van der Waals surface area contributed by atoms with Crippen molar-refractivity contribution in [3.63, 3.8) is 0 Å². The van der Waals surface area contributed by atoms with Gasteiger partial charge in [0.15, 0.2) is 0 Å². The second-order valence-electron chi connectivity index (χ2n) is 6.28. The van der Waals surface area contributed by atoms with E-state index in [9.17, 15) is 9.18 Å². The van der Waals surface area contributed by atoms with Gasteiger partial charge in [-0.3, -0.25) is 4.79 Å². The molecule has 6 heteroatoms. The van der Waals surface area contributed by atoms with Gasteiger partial charge < -0.3 is 5.32 Å². The van der Waals surface area contributed by atoms with E-state index in [-0.39, 0.29) is 11.7 Å². The molecule has 0 atom stereocenters. The second-order valence-corrected chi connectivity index (χ2v) is 8.81. The summed E-state index contributed by atoms with van der Waals surface area (Å²) in [6.45, 7) is 0.507. The number of benzene rings is 3. The number of halogens is 2. The van der Waals surface area contributed by atoms with Crippen molar-refractivity contribution >= 4 is 41.0 Å². The smallest absolute Gasteiger partial charge is 0.252 e. The summed E-state index contributed by atoms with van der Waals surface area (Å²) >= 11 is 9.23. The number of hydrogen-bond donors (Lipinski definition) is 1. The fraction of sp³-hybridized carbons (Fsp3) is 0.174. The highest BCUT2D eigenvalue weighted by atomic mass is 35.5. The Labute approximate surface area is 184 Å². The molecule has 29 heavy (non-hydrogen) atoms. The Hall–Kier alpha value is -1.95. The fourth-order valence-electron chi connectivity index (χ4n) is 2.69. The van der Waals surface area contributed by atoms with Crippen LogP contribution in [0.15, 0.2) is 77.7 Å². The molecule has 2 nitrogen and oxygen atoms in total. The molecule has 1 amide bonds. The molecule has 0 spiro atoms. The Morgan fingerprint density at radius 2 is 1.69 bits per heavy atom. The lowest BCUT2D eigenvalue weighted by Crippen LogP contribution is -2.26. The molecule has 0 aromatic heterocycles. The van der Waals surface area contributed by atoms with E-state index in [1.807, 2.05) is 42.5 Å². The fourth-order valence-corrected chi connectivity index (χ4v) is 4.89. The van der Waals surface area contributed by atoms with Crippen LogP contribution in [-0.2, 0) is 11.5 Å². The number of rotatable bonds is 9. The van der Waals surface area contributed by atoms with Crippen LogP contribution >= 0.6 is 35.1 Å². The van der Waals surface area contributed by atoms with E-state index in [4.69, 9.17) is 11.6 Å². The highest BCUT2D eigenvalue weighted by Crippen LogP contribution is 2.26. The molecule has 0 unspecified atom stereocenters. The molecule has 0 heterocycles. The molecular weight excluding hydrogens is 425 g/mol. The molecule has 3 aromatic carbocycles. The predicted octanol–water partition coefficient (Wildman–Crippen LogP) is 6.43. The van der Waals surface area contributed by atoms with Crippen LogP contribution in [0.3, 0.4) is 0 Å². The van der Waals surface area contributed by atoms with Crippen molar-refractivity contribution in [2.75, 3.05) is 12.3 Å². The molecule has 0 bridgehead atoms. The van der Waals surface area contributed by atoms with Crippen molar-refractivity contribution in [3.05, 3.63) is 100 Å². The minimum Gasteiger partial charge on any atom is -0.351 e. The second kappa shape index (κ2) is 11.3. The van der Waals surface area contributed by atoms with E-state index in [2.05, 4.69) is 17.4 Å². The zero-order valence-electron chi connectivity index (χ0n) is 15.7. The molecule has 0 saturated heterocycles. The summed E-state index contributed by atoms with van der Waals surface area (Å²) in [5.41, 5.74) is 2.40. The van der Waals surface area contributed by atoms with Crippen LogP contribution in [-0.4, -0.2) is 18.2 Å². The van der Waals surface area contributed by atoms with E-state index in [0.717, 1.165) is 10.6 Å². The molecule has 3 rings (SSSR count). The summed E-state index contributed by atoms with van der Waals surface area (Å²) in [7, 11) is 0. The van der Waals surface area contributed by atoms with Crippen LogP contribution in [0.1, 0.15) is 21.5 Å². The third-order valence-electron chi connectivity index (χ3n) is 4.21. The van der Waals surface area contributed by atoms with Crippen LogP contribution in [0.25, 0.3) is 0 Å². The largest absolute Gasteiger partial charge is 0.351 e. The van der Waals surface area contributed by atoms with Crippen molar-refractivity contribution in [3.8, 4) is 0 Å². The first-order chi connectivity index (χ1) is 14.1. The number of nitrogens with one attached hydrogen (secondary N) is 1. The van der Waals surface area contributed by atoms with Crippen molar-refractivity contribution in [2.24, 2.45) is 0 Å². The van der Waals surface area contributed by atoms with E-state index in [0.29, 0.717) is 34.2 Å². The van der Waals surface area contributed by atoms with Crippen molar-refractivity contribution in [1.29, 1.82) is 0 Å². The Morgan fingerprint density at radius 3 is 2.48 bits per heavy atom. The van der Waals surface area contributed by atoms with Crippen molar-refractivity contribution < 1.29 is 9.18 Å². The van der Waals surface area contributed by atoms with Gasteiger partial charge in [-0.25, -0.2) is 4.39 Å². The van der Waals surface area contributed by atoms with E-state index < -0.39 is 0 Å². The van der Waals surface area contributed by atoms with Gasteiger partial charge in [0.05, 0.1) is 5.56 Å². The van der Waals surface area contributed by atoms with Gasteiger partial charge in [0, 0.05) is 39.3 Å². The van der Waals surface area contributed by atoms with E-state index >= 15 is 0 Å². The Kier molecular flexibility index (Phi) is 8.47. The van der Waals surface area contributed by atoms with Gasteiger partial charge in [-0.15, -0.1) is 11.8 Å². The summed E-state index contributed by atoms with van der Waals surface area (Å²) in [6, 6.07) is 22.5. The standard InChI is InChI=1S/C23H21ClFNOS2/c24-20-10-6-11-21(25)19(20)16-28-14-13-26-23(27)18-9-4-5-12-22(18)29-15-17-7-2-1-3-8-17/h1-12H,13-16H2,(H,26,27). The number of amides is 1. The third kappa shape index (κ3) is 6.53. The maximum Gasteiger partial charge on any atom is 0.252 e. The molecular formula is C23H21ClFNOS2. The average molecular weight is 446 g/mol. The van der Waals surface area contributed by atoms with E-state index in [1.54, 1.807) is 23.9 Å². The highest BCUT2D eigenvalue weighted by Gasteiger charge is 2.11. The molecule has 0 fully saturated rings. The number of hydrogen-bond acceptors (Lipinski definition) is 3. The first-order valence-electron chi connectivity index (χ1n) is 9.19. The average Bonchev–Trinajstić information content (AvgIpc) is 2.74. The normalized spacial score (nSPS) is 10.7. The minimum atomic E-state index is -0.293. The zero-order chi connectivity index (χ0) is 20.5. The van der Waals surface area contributed by atoms with Crippen LogP contribution < -0.4 is 5.32 Å². The SMILES string of the molecule is O=C(NCCSCc1c(F)cccc1Cl)c1ccccc1SCc1ccccc1. The molecule has 0 radical (unpaired) electrons. The Morgan fingerprint density at radius 1 is 0.931 bits per heavy atom. The number of thioether (sulfide) groups is 2. The summed E-state index contributed by atoms with van der Waals surface area (Å²) in [5, 5.41) is 3.39. The van der Waals surface area contributed by atoms with Gasteiger partial charge in [0.2, 0.25) is 0 Å². The first kappa shape index (κ1) is 21.8. The molecule has 0 aliphatic heterocycles. The Balaban J connectivity index is 1.48. The van der Waals surface area contributed by atoms with Gasteiger partial charge in [0.1, 0.15) is 5.82 Å². The van der Waals surface area contributed by atoms with Crippen LogP contribution in [0.2, 0.25) is 5.02 Å². The van der Waals surface area contributed by atoms with Crippen molar-refractivity contribution in [1.82, 2.24) is 5.32 Å².